The Morgan fingerprint density at radius 3 is 3.12 bits per heavy atom. The lowest BCUT2D eigenvalue weighted by Crippen LogP contribution is -2.31. The number of aromatic amines is 1. The molecule has 3 aromatic heterocycles. The van der Waals surface area contributed by atoms with Gasteiger partial charge in [0.2, 0.25) is 5.78 Å². The average molecular weight is 350 g/mol. The van der Waals surface area contributed by atoms with Gasteiger partial charge in [0.25, 0.3) is 5.91 Å². The summed E-state index contributed by atoms with van der Waals surface area (Å²) in [5.74, 6) is 0.707. The molecule has 0 radical (unpaired) electrons. The minimum absolute atomic E-state index is 0.148. The highest BCUT2D eigenvalue weighted by molar-refractivity contribution is 5.93. The molecule has 4 heterocycles. The Kier molecular flexibility index (Phi) is 3.24. The molecule has 1 N–H and O–H groups in total. The Labute approximate surface area is 147 Å². The Morgan fingerprint density at radius 2 is 2.23 bits per heavy atom. The maximum absolute atomic E-state index is 13.4. The Balaban J connectivity index is 1.50. The molecular weight excluding hydrogens is 335 g/mol. The van der Waals surface area contributed by atoms with Crippen LogP contribution in [0.25, 0.3) is 16.8 Å². The van der Waals surface area contributed by atoms with Gasteiger partial charge in [0.1, 0.15) is 17.3 Å². The number of fused-ring (bicyclic) bond motifs is 2. The SMILES string of the molecule is O=C(c1cn2cccnc2n1)N1CCC[C@H]1c1nc2ccc(F)cc2[nH]1. The standard InChI is InChI=1S/C18H15FN6O/c19-11-4-5-12-13(9-11)22-16(21-12)15-3-1-8-25(15)17(26)14-10-24-7-2-6-20-18(24)23-14/h2,4-7,9-10,15H,1,3,8H2,(H,21,22)/t15-/m0/s1. The molecule has 1 fully saturated rings. The molecule has 8 heteroatoms. The molecule has 1 saturated heterocycles. The van der Waals surface area contributed by atoms with Crippen molar-refractivity contribution in [3.8, 4) is 0 Å². The molecule has 0 aliphatic carbocycles. The van der Waals surface area contributed by atoms with E-state index in [9.17, 15) is 9.18 Å². The predicted molar refractivity (Wildman–Crippen MR) is 92.1 cm³/mol. The number of imidazole rings is 2. The van der Waals surface area contributed by atoms with Gasteiger partial charge in [-0.2, -0.15) is 0 Å². The first-order valence-electron chi connectivity index (χ1n) is 8.45. The fourth-order valence-electron chi connectivity index (χ4n) is 3.53. The number of hydrogen-bond acceptors (Lipinski definition) is 4. The van der Waals surface area contributed by atoms with Crippen LogP contribution in [0.5, 0.6) is 0 Å². The topological polar surface area (TPSA) is 79.2 Å². The molecule has 5 rings (SSSR count). The third kappa shape index (κ3) is 2.33. The maximum Gasteiger partial charge on any atom is 0.274 e. The van der Waals surface area contributed by atoms with Crippen molar-refractivity contribution >= 4 is 22.7 Å². The van der Waals surface area contributed by atoms with Gasteiger partial charge in [-0.05, 0) is 37.1 Å². The van der Waals surface area contributed by atoms with Gasteiger partial charge < -0.3 is 9.88 Å². The van der Waals surface area contributed by atoms with Gasteiger partial charge in [-0.25, -0.2) is 19.3 Å². The number of carbonyl (C=O) groups is 1. The van der Waals surface area contributed by atoms with Crippen LogP contribution in [0.2, 0.25) is 0 Å². The molecule has 1 aromatic carbocycles. The van der Waals surface area contributed by atoms with Crippen molar-refractivity contribution in [2.45, 2.75) is 18.9 Å². The smallest absolute Gasteiger partial charge is 0.274 e. The molecule has 1 aliphatic rings. The second kappa shape index (κ2) is 5.62. The summed E-state index contributed by atoms with van der Waals surface area (Å²) in [6.45, 7) is 0.635. The molecule has 0 bridgehead atoms. The maximum atomic E-state index is 13.4. The zero-order valence-corrected chi connectivity index (χ0v) is 13.8. The zero-order valence-electron chi connectivity index (χ0n) is 13.8. The van der Waals surface area contributed by atoms with Crippen LogP contribution >= 0.6 is 0 Å². The van der Waals surface area contributed by atoms with Gasteiger partial charge in [-0.1, -0.05) is 0 Å². The van der Waals surface area contributed by atoms with E-state index in [1.165, 1.54) is 12.1 Å². The molecule has 7 nitrogen and oxygen atoms in total. The van der Waals surface area contributed by atoms with Crippen molar-refractivity contribution in [3.63, 3.8) is 0 Å². The molecular formula is C18H15FN6O. The van der Waals surface area contributed by atoms with Crippen LogP contribution < -0.4 is 0 Å². The number of halogens is 1. The summed E-state index contributed by atoms with van der Waals surface area (Å²) < 4.78 is 15.1. The molecule has 1 amide bonds. The zero-order chi connectivity index (χ0) is 17.7. The van der Waals surface area contributed by atoms with E-state index in [2.05, 4.69) is 19.9 Å². The van der Waals surface area contributed by atoms with Crippen LogP contribution in [-0.2, 0) is 0 Å². The third-order valence-corrected chi connectivity index (χ3v) is 4.75. The molecule has 1 atom stereocenters. The van der Waals surface area contributed by atoms with Crippen LogP contribution in [0.15, 0.2) is 42.9 Å². The number of nitrogens with zero attached hydrogens (tertiary/aromatic N) is 5. The monoisotopic (exact) mass is 350 g/mol. The van der Waals surface area contributed by atoms with Crippen LogP contribution in [-0.4, -0.2) is 41.7 Å². The fourth-order valence-corrected chi connectivity index (χ4v) is 3.53. The number of rotatable bonds is 2. The van der Waals surface area contributed by atoms with Crippen molar-refractivity contribution in [1.29, 1.82) is 0 Å². The summed E-state index contributed by atoms with van der Waals surface area (Å²) >= 11 is 0. The van der Waals surface area contributed by atoms with Crippen molar-refractivity contribution in [3.05, 3.63) is 60.2 Å². The summed E-state index contributed by atoms with van der Waals surface area (Å²) in [7, 11) is 0. The van der Waals surface area contributed by atoms with Crippen molar-refractivity contribution in [2.24, 2.45) is 0 Å². The quantitative estimate of drug-likeness (QED) is 0.603. The minimum atomic E-state index is -0.316. The Morgan fingerprint density at radius 1 is 1.31 bits per heavy atom. The van der Waals surface area contributed by atoms with E-state index < -0.39 is 0 Å². The number of benzene rings is 1. The first kappa shape index (κ1) is 15.0. The molecule has 0 spiro atoms. The number of carbonyl (C=O) groups excluding carboxylic acids is 1. The molecule has 0 unspecified atom stereocenters. The van der Waals surface area contributed by atoms with Gasteiger partial charge >= 0.3 is 0 Å². The summed E-state index contributed by atoms with van der Waals surface area (Å²) in [4.78, 5) is 30.9. The summed E-state index contributed by atoms with van der Waals surface area (Å²) in [5.41, 5.74) is 1.69. The lowest BCUT2D eigenvalue weighted by molar-refractivity contribution is 0.0725. The first-order chi connectivity index (χ1) is 12.7. The number of H-pyrrole nitrogens is 1. The normalized spacial score (nSPS) is 17.4. The van der Waals surface area contributed by atoms with Crippen LogP contribution in [0, 0.1) is 5.82 Å². The van der Waals surface area contributed by atoms with Gasteiger partial charge in [-0.15, -0.1) is 0 Å². The number of aromatic nitrogens is 5. The van der Waals surface area contributed by atoms with E-state index in [1.54, 1.807) is 40.0 Å². The van der Waals surface area contributed by atoms with E-state index in [-0.39, 0.29) is 17.8 Å². The number of nitrogens with one attached hydrogen (secondary N) is 1. The largest absolute Gasteiger partial charge is 0.340 e. The van der Waals surface area contributed by atoms with Crippen molar-refractivity contribution in [2.75, 3.05) is 6.54 Å². The van der Waals surface area contributed by atoms with Crippen molar-refractivity contribution in [1.82, 2.24) is 29.2 Å². The fraction of sp³-hybridized carbons (Fsp3) is 0.222. The lowest BCUT2D eigenvalue weighted by Gasteiger charge is -2.22. The molecule has 4 aromatic rings. The van der Waals surface area contributed by atoms with Gasteiger partial charge in [-0.3, -0.25) is 9.20 Å². The molecule has 1 aliphatic heterocycles. The average Bonchev–Trinajstić information content (AvgIpc) is 3.36. The minimum Gasteiger partial charge on any atom is -0.340 e. The second-order valence-corrected chi connectivity index (χ2v) is 6.39. The lowest BCUT2D eigenvalue weighted by atomic mass is 10.2. The Hall–Kier alpha value is -3.29. The van der Waals surface area contributed by atoms with Crippen LogP contribution in [0.4, 0.5) is 4.39 Å². The Bertz CT molecular complexity index is 1100. The molecule has 26 heavy (non-hydrogen) atoms. The van der Waals surface area contributed by atoms with Crippen molar-refractivity contribution < 1.29 is 9.18 Å². The van der Waals surface area contributed by atoms with E-state index >= 15 is 0 Å². The predicted octanol–water partition coefficient (Wildman–Crippen LogP) is 2.72. The highest BCUT2D eigenvalue weighted by Crippen LogP contribution is 2.32. The van der Waals surface area contributed by atoms with Crippen LogP contribution in [0.3, 0.4) is 0 Å². The second-order valence-electron chi connectivity index (χ2n) is 6.39. The summed E-state index contributed by atoms with van der Waals surface area (Å²) in [6, 6.07) is 6.06. The van der Waals surface area contributed by atoms with Crippen LogP contribution in [0.1, 0.15) is 35.2 Å². The summed E-state index contributed by atoms with van der Waals surface area (Å²) in [6.07, 6.45) is 6.82. The highest BCUT2D eigenvalue weighted by atomic mass is 19.1. The van der Waals surface area contributed by atoms with E-state index in [1.807, 2.05) is 0 Å². The summed E-state index contributed by atoms with van der Waals surface area (Å²) in [5, 5.41) is 0. The number of amides is 1. The molecule has 0 saturated carbocycles. The van der Waals surface area contributed by atoms with Gasteiger partial charge in [0, 0.05) is 25.1 Å². The first-order valence-corrected chi connectivity index (χ1v) is 8.45. The number of hydrogen-bond donors (Lipinski definition) is 1. The highest BCUT2D eigenvalue weighted by Gasteiger charge is 2.33. The van der Waals surface area contributed by atoms with E-state index in [0.29, 0.717) is 34.9 Å². The third-order valence-electron chi connectivity index (χ3n) is 4.75. The van der Waals surface area contributed by atoms with E-state index in [0.717, 1.165) is 12.8 Å². The van der Waals surface area contributed by atoms with E-state index in [4.69, 9.17) is 0 Å². The van der Waals surface area contributed by atoms with Gasteiger partial charge in [0.15, 0.2) is 0 Å². The van der Waals surface area contributed by atoms with Gasteiger partial charge in [0.05, 0.1) is 17.1 Å². The molecule has 130 valence electrons. The number of likely N-dealkylation sites (tertiary alicyclic amines) is 1.